The highest BCUT2D eigenvalue weighted by molar-refractivity contribution is 5.27. The maximum atomic E-state index is 5.66. The third-order valence-electron chi connectivity index (χ3n) is 3.24. The summed E-state index contributed by atoms with van der Waals surface area (Å²) in [4.78, 5) is 0. The van der Waals surface area contributed by atoms with E-state index in [4.69, 9.17) is 4.74 Å². The zero-order chi connectivity index (χ0) is 14.3. The SMILES string of the molecule is CCNCC(C)(C)CCc1ccc(OC(C)C)cc1. The maximum Gasteiger partial charge on any atom is 0.119 e. The number of nitrogens with one attached hydrogen (secondary N) is 1. The Labute approximate surface area is 118 Å². The molecule has 0 unspecified atom stereocenters. The molecule has 1 N–H and O–H groups in total. The summed E-state index contributed by atoms with van der Waals surface area (Å²) in [6, 6.07) is 8.52. The van der Waals surface area contributed by atoms with E-state index in [1.54, 1.807) is 0 Å². The number of aryl methyl sites for hydroxylation is 1. The highest BCUT2D eigenvalue weighted by atomic mass is 16.5. The Morgan fingerprint density at radius 1 is 1.16 bits per heavy atom. The van der Waals surface area contributed by atoms with Crippen molar-refractivity contribution < 1.29 is 4.74 Å². The van der Waals surface area contributed by atoms with Crippen molar-refractivity contribution >= 4 is 0 Å². The van der Waals surface area contributed by atoms with Crippen LogP contribution in [0.15, 0.2) is 24.3 Å². The van der Waals surface area contributed by atoms with Crippen LogP contribution in [0.1, 0.15) is 46.6 Å². The van der Waals surface area contributed by atoms with Crippen LogP contribution >= 0.6 is 0 Å². The minimum Gasteiger partial charge on any atom is -0.491 e. The van der Waals surface area contributed by atoms with E-state index in [1.165, 1.54) is 12.0 Å². The molecule has 0 spiro atoms. The van der Waals surface area contributed by atoms with Gasteiger partial charge in [-0.15, -0.1) is 0 Å². The van der Waals surface area contributed by atoms with Crippen molar-refractivity contribution in [2.45, 2.75) is 53.6 Å². The first-order chi connectivity index (χ1) is 8.93. The monoisotopic (exact) mass is 263 g/mol. The van der Waals surface area contributed by atoms with Gasteiger partial charge in [0.15, 0.2) is 0 Å². The molecule has 0 aliphatic heterocycles. The van der Waals surface area contributed by atoms with Crippen LogP contribution < -0.4 is 10.1 Å². The molecule has 0 atom stereocenters. The van der Waals surface area contributed by atoms with E-state index in [-0.39, 0.29) is 6.10 Å². The van der Waals surface area contributed by atoms with E-state index < -0.39 is 0 Å². The molecule has 0 aliphatic carbocycles. The van der Waals surface area contributed by atoms with Gasteiger partial charge in [-0.2, -0.15) is 0 Å². The van der Waals surface area contributed by atoms with Gasteiger partial charge in [-0.3, -0.25) is 0 Å². The first-order valence-corrected chi connectivity index (χ1v) is 7.39. The van der Waals surface area contributed by atoms with Crippen molar-refractivity contribution in [1.29, 1.82) is 0 Å². The van der Waals surface area contributed by atoms with Crippen LogP contribution in [0.2, 0.25) is 0 Å². The number of hydrogen-bond donors (Lipinski definition) is 1. The van der Waals surface area contributed by atoms with Crippen molar-refractivity contribution in [1.82, 2.24) is 5.32 Å². The van der Waals surface area contributed by atoms with Crippen LogP contribution in [0, 0.1) is 5.41 Å². The molecule has 1 rings (SSSR count). The fourth-order valence-electron chi connectivity index (χ4n) is 2.04. The molecule has 0 fully saturated rings. The summed E-state index contributed by atoms with van der Waals surface area (Å²) in [6.07, 6.45) is 2.56. The fourth-order valence-corrected chi connectivity index (χ4v) is 2.04. The number of hydrogen-bond acceptors (Lipinski definition) is 2. The molecule has 0 heterocycles. The summed E-state index contributed by atoms with van der Waals surface area (Å²) in [6.45, 7) is 13.0. The third kappa shape index (κ3) is 6.63. The number of rotatable bonds is 8. The van der Waals surface area contributed by atoms with Crippen LogP contribution in [0.5, 0.6) is 5.75 Å². The van der Waals surface area contributed by atoms with E-state index >= 15 is 0 Å². The summed E-state index contributed by atoms with van der Waals surface area (Å²) >= 11 is 0. The lowest BCUT2D eigenvalue weighted by molar-refractivity contribution is 0.242. The molecular formula is C17H29NO. The molecule has 0 radical (unpaired) electrons. The zero-order valence-electron chi connectivity index (χ0n) is 13.1. The first kappa shape index (κ1) is 16.0. The molecule has 1 aromatic carbocycles. The summed E-state index contributed by atoms with van der Waals surface area (Å²) in [5.41, 5.74) is 1.74. The molecule has 0 bridgehead atoms. The molecule has 1 aromatic rings. The maximum absolute atomic E-state index is 5.66. The van der Waals surface area contributed by atoms with Crippen LogP contribution in [-0.2, 0) is 6.42 Å². The fraction of sp³-hybridized carbons (Fsp3) is 0.647. The molecule has 0 amide bonds. The van der Waals surface area contributed by atoms with Gasteiger partial charge in [0.1, 0.15) is 5.75 Å². The Hall–Kier alpha value is -1.02. The lowest BCUT2D eigenvalue weighted by Crippen LogP contribution is -2.29. The van der Waals surface area contributed by atoms with Crippen molar-refractivity contribution in [3.05, 3.63) is 29.8 Å². The van der Waals surface area contributed by atoms with Crippen molar-refractivity contribution in [2.75, 3.05) is 13.1 Å². The van der Waals surface area contributed by atoms with Gasteiger partial charge in [0.2, 0.25) is 0 Å². The minimum absolute atomic E-state index is 0.241. The van der Waals surface area contributed by atoms with Gasteiger partial charge in [-0.1, -0.05) is 32.9 Å². The second-order valence-electron chi connectivity index (χ2n) is 6.26. The van der Waals surface area contributed by atoms with Gasteiger partial charge in [0.05, 0.1) is 6.10 Å². The van der Waals surface area contributed by atoms with E-state index in [0.29, 0.717) is 5.41 Å². The number of benzene rings is 1. The molecule has 0 aliphatic rings. The van der Waals surface area contributed by atoms with E-state index in [9.17, 15) is 0 Å². The smallest absolute Gasteiger partial charge is 0.119 e. The lowest BCUT2D eigenvalue weighted by Gasteiger charge is -2.24. The topological polar surface area (TPSA) is 21.3 Å². The van der Waals surface area contributed by atoms with Crippen molar-refractivity contribution in [3.8, 4) is 5.75 Å². The normalized spacial score (nSPS) is 11.9. The average molecular weight is 263 g/mol. The van der Waals surface area contributed by atoms with Gasteiger partial charge >= 0.3 is 0 Å². The Bertz CT molecular complexity index is 354. The highest BCUT2D eigenvalue weighted by Gasteiger charge is 2.16. The third-order valence-corrected chi connectivity index (χ3v) is 3.24. The second kappa shape index (κ2) is 7.54. The number of ether oxygens (including phenoxy) is 1. The van der Waals surface area contributed by atoms with Gasteiger partial charge in [0.25, 0.3) is 0 Å². The lowest BCUT2D eigenvalue weighted by atomic mass is 9.86. The van der Waals surface area contributed by atoms with Crippen LogP contribution in [-0.4, -0.2) is 19.2 Å². The van der Waals surface area contributed by atoms with Crippen molar-refractivity contribution in [3.63, 3.8) is 0 Å². The first-order valence-electron chi connectivity index (χ1n) is 7.39. The molecule has 19 heavy (non-hydrogen) atoms. The summed E-state index contributed by atoms with van der Waals surface area (Å²) < 4.78 is 5.66. The Kier molecular flexibility index (Phi) is 6.36. The van der Waals surface area contributed by atoms with Crippen LogP contribution in [0.4, 0.5) is 0 Å². The van der Waals surface area contributed by atoms with Crippen LogP contribution in [0.25, 0.3) is 0 Å². The molecule has 0 aromatic heterocycles. The largest absolute Gasteiger partial charge is 0.491 e. The molecule has 2 nitrogen and oxygen atoms in total. The van der Waals surface area contributed by atoms with E-state index in [2.05, 4.69) is 64.2 Å². The molecule has 0 saturated heterocycles. The summed E-state index contributed by atoms with van der Waals surface area (Å²) in [7, 11) is 0. The molecular weight excluding hydrogens is 234 g/mol. The Morgan fingerprint density at radius 3 is 2.32 bits per heavy atom. The highest BCUT2D eigenvalue weighted by Crippen LogP contribution is 2.23. The second-order valence-corrected chi connectivity index (χ2v) is 6.26. The van der Waals surface area contributed by atoms with Gasteiger partial charge in [-0.05, 0) is 56.3 Å². The summed E-state index contributed by atoms with van der Waals surface area (Å²) in [5.74, 6) is 0.964. The van der Waals surface area contributed by atoms with Crippen molar-refractivity contribution in [2.24, 2.45) is 5.41 Å². The predicted octanol–water partition coefficient (Wildman–Crippen LogP) is 4.04. The Balaban J connectivity index is 2.45. The molecule has 0 saturated carbocycles. The molecule has 108 valence electrons. The van der Waals surface area contributed by atoms with E-state index in [1.807, 2.05) is 0 Å². The zero-order valence-corrected chi connectivity index (χ0v) is 13.1. The quantitative estimate of drug-likeness (QED) is 0.764. The standard InChI is InChI=1S/C17H29NO/c1-6-18-13-17(4,5)12-11-15-7-9-16(10-8-15)19-14(2)3/h7-10,14,18H,6,11-13H2,1-5H3. The van der Waals surface area contributed by atoms with Gasteiger partial charge in [0, 0.05) is 6.54 Å². The predicted molar refractivity (Wildman–Crippen MR) is 82.9 cm³/mol. The molecule has 2 heteroatoms. The Morgan fingerprint density at radius 2 is 1.79 bits per heavy atom. The van der Waals surface area contributed by atoms with Gasteiger partial charge in [-0.25, -0.2) is 0 Å². The van der Waals surface area contributed by atoms with Crippen LogP contribution in [0.3, 0.4) is 0 Å². The van der Waals surface area contributed by atoms with E-state index in [0.717, 1.165) is 25.3 Å². The minimum atomic E-state index is 0.241. The van der Waals surface area contributed by atoms with Gasteiger partial charge < -0.3 is 10.1 Å². The average Bonchev–Trinajstić information content (AvgIpc) is 2.35. The summed E-state index contributed by atoms with van der Waals surface area (Å²) in [5, 5.41) is 3.44.